The van der Waals surface area contributed by atoms with Crippen LogP contribution in [0.5, 0.6) is 0 Å². The average molecular weight is 480 g/mol. The van der Waals surface area contributed by atoms with Gasteiger partial charge in [0, 0.05) is 31.0 Å². The summed E-state index contributed by atoms with van der Waals surface area (Å²) in [6.07, 6.45) is 12.1. The third kappa shape index (κ3) is 6.31. The molecule has 1 aromatic carbocycles. The molecule has 2 aliphatic rings. The van der Waals surface area contributed by atoms with Crippen molar-refractivity contribution in [3.63, 3.8) is 0 Å². The number of nitrogens with zero attached hydrogens (tertiary/aromatic N) is 2. The average Bonchev–Trinajstić information content (AvgIpc) is 2.87. The molecule has 1 aliphatic heterocycles. The molecule has 3 nitrogen and oxygen atoms in total. The number of hydrogen-bond acceptors (Lipinski definition) is 3. The summed E-state index contributed by atoms with van der Waals surface area (Å²) in [4.78, 5) is 7.25. The standard InChI is InChI=1S/C28H36ClN3.C2H6/c1-4-8-21-10-6-11-22-13-14-23(18-24(21)22)32-17-15-20(3)27(19-32)31-26(9-5-2)28-25(29)12-7-16-30-28;1-2/h6-7,9-12,16,23,31H,4-5,8,13-15,17-19H2,1-3H3;1-2H3/b26-9+;. The Hall–Kier alpha value is -2.10. The van der Waals surface area contributed by atoms with Gasteiger partial charge in [-0.15, -0.1) is 0 Å². The lowest BCUT2D eigenvalue weighted by Crippen LogP contribution is -2.45. The predicted octanol–water partition coefficient (Wildman–Crippen LogP) is 7.59. The molecule has 4 rings (SSSR count). The molecule has 2 heterocycles. The van der Waals surface area contributed by atoms with Crippen LogP contribution < -0.4 is 5.32 Å². The summed E-state index contributed by atoms with van der Waals surface area (Å²) in [5.74, 6) is 0. The van der Waals surface area contributed by atoms with Crippen LogP contribution in [0.3, 0.4) is 0 Å². The minimum Gasteiger partial charge on any atom is -0.356 e. The Morgan fingerprint density at radius 2 is 2.00 bits per heavy atom. The highest BCUT2D eigenvalue weighted by molar-refractivity contribution is 6.32. The maximum Gasteiger partial charge on any atom is 0.105 e. The lowest BCUT2D eigenvalue weighted by molar-refractivity contribution is 0.185. The molecule has 4 heteroatoms. The van der Waals surface area contributed by atoms with Gasteiger partial charge in [-0.05, 0) is 74.3 Å². The van der Waals surface area contributed by atoms with E-state index in [2.05, 4.69) is 60.2 Å². The Morgan fingerprint density at radius 3 is 2.74 bits per heavy atom. The third-order valence-corrected chi connectivity index (χ3v) is 7.26. The van der Waals surface area contributed by atoms with E-state index in [0.29, 0.717) is 11.1 Å². The molecule has 0 saturated carbocycles. The number of aromatic nitrogens is 1. The molecule has 1 unspecified atom stereocenters. The van der Waals surface area contributed by atoms with E-state index in [1.54, 1.807) is 16.7 Å². The molecular weight excluding hydrogens is 438 g/mol. The Morgan fingerprint density at radius 1 is 1.18 bits per heavy atom. The van der Waals surface area contributed by atoms with E-state index in [1.165, 1.54) is 43.4 Å². The molecule has 0 saturated heterocycles. The number of pyridine rings is 1. The minimum absolute atomic E-state index is 0.613. The molecule has 1 aromatic heterocycles. The molecule has 0 bridgehead atoms. The fourth-order valence-electron chi connectivity index (χ4n) is 5.15. The zero-order valence-corrected chi connectivity index (χ0v) is 22.5. The van der Waals surface area contributed by atoms with E-state index in [4.69, 9.17) is 11.6 Å². The molecule has 0 spiro atoms. The van der Waals surface area contributed by atoms with Gasteiger partial charge in [0.05, 0.1) is 10.7 Å². The van der Waals surface area contributed by atoms with Crippen molar-refractivity contribution >= 4 is 17.3 Å². The van der Waals surface area contributed by atoms with Gasteiger partial charge >= 0.3 is 0 Å². The normalized spacial score (nSPS) is 18.8. The van der Waals surface area contributed by atoms with Crippen LogP contribution in [0, 0.1) is 0 Å². The predicted molar refractivity (Wildman–Crippen MR) is 147 cm³/mol. The van der Waals surface area contributed by atoms with Gasteiger partial charge in [0.2, 0.25) is 0 Å². The maximum atomic E-state index is 6.48. The summed E-state index contributed by atoms with van der Waals surface area (Å²) in [5.41, 5.74) is 9.38. The van der Waals surface area contributed by atoms with E-state index < -0.39 is 0 Å². The van der Waals surface area contributed by atoms with Crippen LogP contribution in [-0.2, 0) is 19.3 Å². The van der Waals surface area contributed by atoms with Crippen molar-refractivity contribution in [2.24, 2.45) is 0 Å². The van der Waals surface area contributed by atoms with Crippen molar-refractivity contribution in [1.82, 2.24) is 15.2 Å². The third-order valence-electron chi connectivity index (χ3n) is 6.95. The minimum atomic E-state index is 0.613. The number of halogens is 1. The van der Waals surface area contributed by atoms with Crippen molar-refractivity contribution in [2.45, 2.75) is 85.6 Å². The number of nitrogens with one attached hydrogen (secondary N) is 1. The van der Waals surface area contributed by atoms with Crippen LogP contribution in [-0.4, -0.2) is 29.0 Å². The number of hydrogen-bond donors (Lipinski definition) is 1. The fourth-order valence-corrected chi connectivity index (χ4v) is 5.38. The molecule has 0 radical (unpaired) electrons. The van der Waals surface area contributed by atoms with E-state index >= 15 is 0 Å². The van der Waals surface area contributed by atoms with E-state index in [9.17, 15) is 0 Å². The van der Waals surface area contributed by atoms with Gasteiger partial charge < -0.3 is 5.32 Å². The molecule has 184 valence electrons. The van der Waals surface area contributed by atoms with Crippen molar-refractivity contribution in [3.8, 4) is 0 Å². The van der Waals surface area contributed by atoms with E-state index in [-0.39, 0.29) is 0 Å². The van der Waals surface area contributed by atoms with Crippen molar-refractivity contribution in [1.29, 1.82) is 0 Å². The summed E-state index contributed by atoms with van der Waals surface area (Å²) in [6.45, 7) is 12.8. The summed E-state index contributed by atoms with van der Waals surface area (Å²) in [6, 6.07) is 11.4. The molecule has 1 atom stereocenters. The summed E-state index contributed by atoms with van der Waals surface area (Å²) in [5, 5.41) is 4.43. The fraction of sp³-hybridized carbons (Fsp3) is 0.500. The summed E-state index contributed by atoms with van der Waals surface area (Å²) >= 11 is 6.48. The lowest BCUT2D eigenvalue weighted by Gasteiger charge is -2.39. The molecular formula is C30H42ClN3. The van der Waals surface area contributed by atoms with Crippen LogP contribution in [0.15, 0.2) is 53.9 Å². The van der Waals surface area contributed by atoms with E-state index in [1.807, 2.05) is 32.2 Å². The lowest BCUT2D eigenvalue weighted by atomic mass is 9.83. The highest BCUT2D eigenvalue weighted by atomic mass is 35.5. The number of rotatable bonds is 7. The Kier molecular flexibility index (Phi) is 10.2. The van der Waals surface area contributed by atoms with Gasteiger partial charge in [0.25, 0.3) is 0 Å². The van der Waals surface area contributed by atoms with Crippen LogP contribution in [0.25, 0.3) is 5.70 Å². The Bertz CT molecular complexity index is 1010. The quantitative estimate of drug-likeness (QED) is 0.443. The second-order valence-electron chi connectivity index (χ2n) is 9.17. The van der Waals surface area contributed by atoms with Crippen molar-refractivity contribution in [2.75, 3.05) is 13.1 Å². The monoisotopic (exact) mass is 479 g/mol. The first-order valence-electron chi connectivity index (χ1n) is 13.2. The number of aryl methyl sites for hydroxylation is 2. The first-order valence-corrected chi connectivity index (χ1v) is 13.6. The molecule has 1 aliphatic carbocycles. The smallest absolute Gasteiger partial charge is 0.105 e. The molecule has 2 aromatic rings. The molecule has 0 amide bonds. The SMILES string of the molecule is CC.CC/C=C(/NC1=C(C)CCN(C2CCc3cccc(CCC)c3C2)C1)c1ncccc1Cl. The van der Waals surface area contributed by atoms with Gasteiger partial charge in [-0.25, -0.2) is 0 Å². The summed E-state index contributed by atoms with van der Waals surface area (Å²) in [7, 11) is 0. The van der Waals surface area contributed by atoms with E-state index in [0.717, 1.165) is 37.3 Å². The topological polar surface area (TPSA) is 28.2 Å². The van der Waals surface area contributed by atoms with Crippen molar-refractivity contribution < 1.29 is 0 Å². The van der Waals surface area contributed by atoms with Crippen LogP contribution in [0.4, 0.5) is 0 Å². The van der Waals surface area contributed by atoms with Crippen LogP contribution in [0.1, 0.15) is 82.7 Å². The summed E-state index contributed by atoms with van der Waals surface area (Å²) < 4.78 is 0. The first-order chi connectivity index (χ1) is 16.6. The van der Waals surface area contributed by atoms with Gasteiger partial charge in [0.1, 0.15) is 5.69 Å². The second kappa shape index (κ2) is 13.1. The van der Waals surface area contributed by atoms with Gasteiger partial charge in [-0.1, -0.05) is 75.6 Å². The molecule has 34 heavy (non-hydrogen) atoms. The number of fused-ring (bicyclic) bond motifs is 1. The Balaban J connectivity index is 0.00000158. The van der Waals surface area contributed by atoms with Crippen LogP contribution in [0.2, 0.25) is 5.02 Å². The largest absolute Gasteiger partial charge is 0.356 e. The maximum absolute atomic E-state index is 6.48. The van der Waals surface area contributed by atoms with Crippen LogP contribution >= 0.6 is 11.6 Å². The van der Waals surface area contributed by atoms with Gasteiger partial charge in [-0.2, -0.15) is 0 Å². The second-order valence-corrected chi connectivity index (χ2v) is 9.57. The van der Waals surface area contributed by atoms with Gasteiger partial charge in [0.15, 0.2) is 0 Å². The van der Waals surface area contributed by atoms with Gasteiger partial charge in [-0.3, -0.25) is 9.88 Å². The van der Waals surface area contributed by atoms with Crippen molar-refractivity contribution in [3.05, 3.63) is 81.3 Å². The number of allylic oxidation sites excluding steroid dienone is 1. The molecule has 0 fully saturated rings. The number of benzene rings is 1. The highest BCUT2D eigenvalue weighted by Gasteiger charge is 2.28. The highest BCUT2D eigenvalue weighted by Crippen LogP contribution is 2.31. The Labute approximate surface area is 212 Å². The molecule has 1 N–H and O–H groups in total. The zero-order valence-electron chi connectivity index (χ0n) is 21.8. The first kappa shape index (κ1) is 26.5. The zero-order chi connectivity index (χ0) is 24.5.